The maximum Gasteiger partial charge on any atom is 0.338 e. The van der Waals surface area contributed by atoms with E-state index in [2.05, 4.69) is 15.9 Å². The van der Waals surface area contributed by atoms with Crippen LogP contribution in [0.25, 0.3) is 0 Å². The van der Waals surface area contributed by atoms with Gasteiger partial charge in [-0.25, -0.2) is 4.79 Å². The molecule has 4 heteroatoms. The molecule has 0 aliphatic rings. The quantitative estimate of drug-likeness (QED) is 0.480. The highest BCUT2D eigenvalue weighted by Crippen LogP contribution is 2.20. The largest absolute Gasteiger partial charge is 0.462 e. The highest BCUT2D eigenvalue weighted by atomic mass is 79.9. The van der Waals surface area contributed by atoms with Gasteiger partial charge in [-0.2, -0.15) is 0 Å². The molecule has 1 aromatic rings. The van der Waals surface area contributed by atoms with Gasteiger partial charge in [-0.15, -0.1) is 0 Å². The van der Waals surface area contributed by atoms with Crippen molar-refractivity contribution in [3.8, 4) is 0 Å². The molecule has 0 amide bonds. The number of benzene rings is 1. The smallest absolute Gasteiger partial charge is 0.338 e. The molecule has 0 bridgehead atoms. The molecule has 1 aromatic carbocycles. The molecule has 0 N–H and O–H groups in total. The summed E-state index contributed by atoms with van der Waals surface area (Å²) in [6.07, 6.45) is 0.791. The zero-order chi connectivity index (χ0) is 11.3. The Bertz CT molecular complexity index is 345. The Kier molecular flexibility index (Phi) is 4.49. The number of rotatable bonds is 4. The minimum Gasteiger partial charge on any atom is -0.462 e. The molecule has 80 valence electrons. The summed E-state index contributed by atoms with van der Waals surface area (Å²) >= 11 is 3.19. The minimum absolute atomic E-state index is 0.325. The molecule has 0 fully saturated rings. The van der Waals surface area contributed by atoms with Crippen LogP contribution in [-0.2, 0) is 9.53 Å². The maximum atomic E-state index is 11.3. The standard InChI is InChI=1S/C11H11BrO3/c1-2-15-11(14)9-5-3-8(4-6-9)10(12)7-13/h3-7,10H,2H2,1H3. The van der Waals surface area contributed by atoms with E-state index in [0.717, 1.165) is 11.8 Å². The lowest BCUT2D eigenvalue weighted by molar-refractivity contribution is -0.107. The topological polar surface area (TPSA) is 43.4 Å². The Morgan fingerprint density at radius 1 is 1.47 bits per heavy atom. The molecule has 3 nitrogen and oxygen atoms in total. The number of hydrogen-bond donors (Lipinski definition) is 0. The van der Waals surface area contributed by atoms with Crippen molar-refractivity contribution in [3.05, 3.63) is 35.4 Å². The second kappa shape index (κ2) is 5.66. The molecule has 1 rings (SSSR count). The van der Waals surface area contributed by atoms with Crippen molar-refractivity contribution in [2.45, 2.75) is 11.8 Å². The molecule has 0 radical (unpaired) electrons. The van der Waals surface area contributed by atoms with Crippen LogP contribution in [0.1, 0.15) is 27.7 Å². The zero-order valence-corrected chi connectivity index (χ0v) is 9.86. The summed E-state index contributed by atoms with van der Waals surface area (Å²) in [6, 6.07) is 6.73. The summed E-state index contributed by atoms with van der Waals surface area (Å²) in [7, 11) is 0. The lowest BCUT2D eigenvalue weighted by Gasteiger charge is -2.04. The van der Waals surface area contributed by atoms with E-state index in [4.69, 9.17) is 4.74 Å². The Morgan fingerprint density at radius 3 is 2.53 bits per heavy atom. The third kappa shape index (κ3) is 3.16. The first-order chi connectivity index (χ1) is 7.19. The van der Waals surface area contributed by atoms with E-state index >= 15 is 0 Å². The number of hydrogen-bond acceptors (Lipinski definition) is 3. The van der Waals surface area contributed by atoms with Crippen molar-refractivity contribution in [3.63, 3.8) is 0 Å². The van der Waals surface area contributed by atoms with Crippen LogP contribution >= 0.6 is 15.9 Å². The number of carbonyl (C=O) groups excluding carboxylic acids is 2. The molecule has 0 heterocycles. The predicted molar refractivity (Wildman–Crippen MR) is 60.1 cm³/mol. The van der Waals surface area contributed by atoms with Crippen LogP contribution in [0.4, 0.5) is 0 Å². The van der Waals surface area contributed by atoms with Gasteiger partial charge in [0.25, 0.3) is 0 Å². The number of alkyl halides is 1. The Labute approximate surface area is 96.6 Å². The van der Waals surface area contributed by atoms with E-state index in [1.165, 1.54) is 0 Å². The van der Waals surface area contributed by atoms with Gasteiger partial charge < -0.3 is 9.53 Å². The zero-order valence-electron chi connectivity index (χ0n) is 8.27. The highest BCUT2D eigenvalue weighted by molar-refractivity contribution is 9.09. The van der Waals surface area contributed by atoms with Gasteiger partial charge in [-0.1, -0.05) is 28.1 Å². The minimum atomic E-state index is -0.346. The average Bonchev–Trinajstić information content (AvgIpc) is 2.28. The van der Waals surface area contributed by atoms with Crippen LogP contribution in [0, 0.1) is 0 Å². The Hall–Kier alpha value is -1.16. The molecule has 0 saturated carbocycles. The van der Waals surface area contributed by atoms with Crippen LogP contribution in [-0.4, -0.2) is 18.9 Å². The molecule has 0 spiro atoms. The van der Waals surface area contributed by atoms with Crippen LogP contribution in [0.5, 0.6) is 0 Å². The fourth-order valence-electron chi connectivity index (χ4n) is 1.10. The third-order valence-corrected chi connectivity index (χ3v) is 2.60. The van der Waals surface area contributed by atoms with Crippen molar-refractivity contribution >= 4 is 28.2 Å². The summed E-state index contributed by atoms with van der Waals surface area (Å²) in [5.41, 5.74) is 1.31. The first kappa shape index (κ1) is 11.9. The molecule has 0 aliphatic heterocycles. The van der Waals surface area contributed by atoms with E-state index in [9.17, 15) is 9.59 Å². The van der Waals surface area contributed by atoms with Crippen LogP contribution in [0.15, 0.2) is 24.3 Å². The van der Waals surface area contributed by atoms with Crippen molar-refractivity contribution in [2.75, 3.05) is 6.61 Å². The Balaban J connectivity index is 2.80. The first-order valence-corrected chi connectivity index (χ1v) is 5.47. The number of carbonyl (C=O) groups is 2. The fraction of sp³-hybridized carbons (Fsp3) is 0.273. The van der Waals surface area contributed by atoms with E-state index < -0.39 is 0 Å². The van der Waals surface area contributed by atoms with Gasteiger partial charge in [-0.05, 0) is 24.6 Å². The molecule has 0 aliphatic carbocycles. The molecule has 1 unspecified atom stereocenters. The van der Waals surface area contributed by atoms with Gasteiger partial charge in [0, 0.05) is 0 Å². The SMILES string of the molecule is CCOC(=O)c1ccc(C(Br)C=O)cc1. The van der Waals surface area contributed by atoms with Gasteiger partial charge in [0.15, 0.2) is 0 Å². The highest BCUT2D eigenvalue weighted by Gasteiger charge is 2.08. The van der Waals surface area contributed by atoms with Gasteiger partial charge in [0.1, 0.15) is 6.29 Å². The predicted octanol–water partition coefficient (Wildman–Crippen LogP) is 2.50. The number of esters is 1. The first-order valence-electron chi connectivity index (χ1n) is 4.55. The van der Waals surface area contributed by atoms with Gasteiger partial charge in [-0.3, -0.25) is 0 Å². The third-order valence-electron chi connectivity index (χ3n) is 1.86. The maximum absolute atomic E-state index is 11.3. The van der Waals surface area contributed by atoms with Gasteiger partial charge >= 0.3 is 5.97 Å². The summed E-state index contributed by atoms with van der Waals surface area (Å²) < 4.78 is 4.83. The monoisotopic (exact) mass is 270 g/mol. The fourth-order valence-corrected chi connectivity index (χ4v) is 1.40. The number of halogens is 1. The number of ether oxygens (including phenoxy) is 1. The average molecular weight is 271 g/mol. The Morgan fingerprint density at radius 2 is 2.07 bits per heavy atom. The van der Waals surface area contributed by atoms with E-state index in [1.807, 2.05) is 0 Å². The van der Waals surface area contributed by atoms with Crippen molar-refractivity contribution < 1.29 is 14.3 Å². The molecule has 15 heavy (non-hydrogen) atoms. The van der Waals surface area contributed by atoms with Crippen molar-refractivity contribution in [1.82, 2.24) is 0 Å². The van der Waals surface area contributed by atoms with Crippen LogP contribution < -0.4 is 0 Å². The van der Waals surface area contributed by atoms with Crippen molar-refractivity contribution in [2.24, 2.45) is 0 Å². The molecular formula is C11H11BrO3. The second-order valence-corrected chi connectivity index (χ2v) is 3.87. The van der Waals surface area contributed by atoms with Crippen LogP contribution in [0.2, 0.25) is 0 Å². The molecule has 0 aromatic heterocycles. The van der Waals surface area contributed by atoms with Gasteiger partial charge in [0.05, 0.1) is 17.0 Å². The van der Waals surface area contributed by atoms with E-state index in [0.29, 0.717) is 12.2 Å². The molecule has 0 saturated heterocycles. The summed E-state index contributed by atoms with van der Waals surface area (Å²) in [6.45, 7) is 2.11. The van der Waals surface area contributed by atoms with E-state index in [-0.39, 0.29) is 10.8 Å². The molecular weight excluding hydrogens is 260 g/mol. The summed E-state index contributed by atoms with van der Waals surface area (Å²) in [5.74, 6) is -0.346. The lowest BCUT2D eigenvalue weighted by Crippen LogP contribution is -2.04. The second-order valence-electron chi connectivity index (χ2n) is 2.88. The summed E-state index contributed by atoms with van der Waals surface area (Å²) in [5, 5.41) is 0. The lowest BCUT2D eigenvalue weighted by atomic mass is 10.1. The van der Waals surface area contributed by atoms with Crippen LogP contribution in [0.3, 0.4) is 0 Å². The van der Waals surface area contributed by atoms with Gasteiger partial charge in [0.2, 0.25) is 0 Å². The van der Waals surface area contributed by atoms with E-state index in [1.54, 1.807) is 31.2 Å². The van der Waals surface area contributed by atoms with Crippen molar-refractivity contribution in [1.29, 1.82) is 0 Å². The normalized spacial score (nSPS) is 11.9. The molecule has 1 atom stereocenters. The summed E-state index contributed by atoms with van der Waals surface area (Å²) in [4.78, 5) is 21.5. The number of aldehydes is 1.